The third-order valence-electron chi connectivity index (χ3n) is 4.08. The summed E-state index contributed by atoms with van der Waals surface area (Å²) in [6, 6.07) is 1.14. The summed E-state index contributed by atoms with van der Waals surface area (Å²) >= 11 is 5.84. The quantitative estimate of drug-likeness (QED) is 0.775. The van der Waals surface area contributed by atoms with Crippen molar-refractivity contribution in [1.82, 2.24) is 10.3 Å². The molecule has 0 saturated heterocycles. The van der Waals surface area contributed by atoms with E-state index in [0.717, 1.165) is 31.5 Å². The molecule has 0 spiro atoms. The van der Waals surface area contributed by atoms with E-state index in [1.54, 1.807) is 0 Å². The molecule has 2 rings (SSSR count). The van der Waals surface area contributed by atoms with Gasteiger partial charge in [0.05, 0.1) is 12.7 Å². The summed E-state index contributed by atoms with van der Waals surface area (Å²) < 4.78 is 45.9. The summed E-state index contributed by atoms with van der Waals surface area (Å²) in [5.74, 6) is -1.58. The lowest BCUT2D eigenvalue weighted by Crippen LogP contribution is -2.56. The topological polar surface area (TPSA) is 77.5 Å². The SMILES string of the molecule is COC(=O)C1(NC(=O)c2cnc(OCC(F)(F)F)c(Cl)c2)CCCCC1. The van der Waals surface area contributed by atoms with Gasteiger partial charge < -0.3 is 14.8 Å². The molecule has 0 unspecified atom stereocenters. The second kappa shape index (κ2) is 8.11. The monoisotopic (exact) mass is 394 g/mol. The fraction of sp³-hybridized carbons (Fsp3) is 0.562. The minimum Gasteiger partial charge on any atom is -0.467 e. The van der Waals surface area contributed by atoms with Crippen LogP contribution in [0, 0.1) is 0 Å². The average molecular weight is 395 g/mol. The van der Waals surface area contributed by atoms with Crippen LogP contribution >= 0.6 is 11.6 Å². The van der Waals surface area contributed by atoms with Gasteiger partial charge in [-0.2, -0.15) is 13.2 Å². The number of methoxy groups -OCH3 is 1. The molecular formula is C16H18ClF3N2O4. The molecule has 0 atom stereocenters. The summed E-state index contributed by atoms with van der Waals surface area (Å²) in [7, 11) is 1.25. The van der Waals surface area contributed by atoms with E-state index in [4.69, 9.17) is 16.3 Å². The van der Waals surface area contributed by atoms with Crippen molar-refractivity contribution in [3.63, 3.8) is 0 Å². The van der Waals surface area contributed by atoms with Crippen LogP contribution in [0.4, 0.5) is 13.2 Å². The number of carbonyl (C=O) groups excluding carboxylic acids is 2. The first-order valence-electron chi connectivity index (χ1n) is 7.93. The molecule has 0 bridgehead atoms. The number of nitrogens with zero attached hydrogens (tertiary/aromatic N) is 1. The third-order valence-corrected chi connectivity index (χ3v) is 4.35. The highest BCUT2D eigenvalue weighted by Gasteiger charge is 2.42. The summed E-state index contributed by atoms with van der Waals surface area (Å²) in [6.45, 7) is -1.54. The number of hydrogen-bond donors (Lipinski definition) is 1. The molecule has 1 aromatic heterocycles. The number of aromatic nitrogens is 1. The highest BCUT2D eigenvalue weighted by Crippen LogP contribution is 2.30. The van der Waals surface area contributed by atoms with Crippen LogP contribution in [0.2, 0.25) is 5.02 Å². The molecule has 1 saturated carbocycles. The molecule has 1 aliphatic rings. The van der Waals surface area contributed by atoms with Gasteiger partial charge in [0.25, 0.3) is 5.91 Å². The van der Waals surface area contributed by atoms with Gasteiger partial charge in [0.1, 0.15) is 10.6 Å². The zero-order valence-corrected chi connectivity index (χ0v) is 14.7. The van der Waals surface area contributed by atoms with Crippen molar-refractivity contribution in [2.45, 2.75) is 43.8 Å². The molecule has 1 N–H and O–H groups in total. The number of hydrogen-bond acceptors (Lipinski definition) is 5. The Bertz CT molecular complexity index is 676. The second-order valence-corrected chi connectivity index (χ2v) is 6.41. The van der Waals surface area contributed by atoms with Crippen molar-refractivity contribution < 1.29 is 32.2 Å². The van der Waals surface area contributed by atoms with E-state index < -0.39 is 36.1 Å². The Morgan fingerprint density at radius 1 is 1.31 bits per heavy atom. The largest absolute Gasteiger partial charge is 0.467 e. The van der Waals surface area contributed by atoms with E-state index in [9.17, 15) is 22.8 Å². The van der Waals surface area contributed by atoms with Crippen molar-refractivity contribution in [1.29, 1.82) is 0 Å². The number of halogens is 4. The lowest BCUT2D eigenvalue weighted by molar-refractivity contribution is -0.154. The maximum Gasteiger partial charge on any atom is 0.422 e. The van der Waals surface area contributed by atoms with Gasteiger partial charge >= 0.3 is 12.1 Å². The Kier molecular flexibility index (Phi) is 6.33. The number of carbonyl (C=O) groups is 2. The zero-order chi connectivity index (χ0) is 19.4. The van der Waals surface area contributed by atoms with Crippen LogP contribution in [0.25, 0.3) is 0 Å². The van der Waals surface area contributed by atoms with Crippen molar-refractivity contribution in [2.75, 3.05) is 13.7 Å². The molecule has 0 aromatic carbocycles. The molecule has 26 heavy (non-hydrogen) atoms. The molecule has 1 amide bonds. The van der Waals surface area contributed by atoms with Crippen LogP contribution in [-0.2, 0) is 9.53 Å². The zero-order valence-electron chi connectivity index (χ0n) is 14.0. The molecular weight excluding hydrogens is 377 g/mol. The Balaban J connectivity index is 2.13. The molecule has 1 heterocycles. The predicted molar refractivity (Wildman–Crippen MR) is 86.1 cm³/mol. The first-order chi connectivity index (χ1) is 12.2. The number of pyridine rings is 1. The van der Waals surface area contributed by atoms with Gasteiger partial charge in [0.2, 0.25) is 5.88 Å². The van der Waals surface area contributed by atoms with E-state index >= 15 is 0 Å². The van der Waals surface area contributed by atoms with Crippen LogP contribution in [0.15, 0.2) is 12.3 Å². The molecule has 144 valence electrons. The summed E-state index contributed by atoms with van der Waals surface area (Å²) in [5.41, 5.74) is -1.12. The van der Waals surface area contributed by atoms with Gasteiger partial charge in [-0.05, 0) is 18.9 Å². The van der Waals surface area contributed by atoms with E-state index in [0.29, 0.717) is 12.8 Å². The van der Waals surface area contributed by atoms with Crippen molar-refractivity contribution in [3.05, 3.63) is 22.8 Å². The maximum absolute atomic E-state index is 12.5. The second-order valence-electron chi connectivity index (χ2n) is 6.00. The van der Waals surface area contributed by atoms with Gasteiger partial charge in [-0.1, -0.05) is 30.9 Å². The van der Waals surface area contributed by atoms with Gasteiger partial charge in [-0.25, -0.2) is 9.78 Å². The minimum atomic E-state index is -4.53. The smallest absolute Gasteiger partial charge is 0.422 e. The molecule has 0 aliphatic heterocycles. The lowest BCUT2D eigenvalue weighted by Gasteiger charge is -2.35. The van der Waals surface area contributed by atoms with Crippen LogP contribution < -0.4 is 10.1 Å². The number of amides is 1. The standard InChI is InChI=1S/C16H18ClF3N2O4/c1-25-14(24)15(5-3-2-4-6-15)22-12(23)10-7-11(17)13(21-8-10)26-9-16(18,19)20/h7-8H,2-6,9H2,1H3,(H,22,23). The number of alkyl halides is 3. The van der Waals surface area contributed by atoms with Crippen LogP contribution in [0.3, 0.4) is 0 Å². The van der Waals surface area contributed by atoms with Crippen LogP contribution in [0.5, 0.6) is 5.88 Å². The molecule has 6 nitrogen and oxygen atoms in total. The Labute approximate surface area is 153 Å². The molecule has 10 heteroatoms. The van der Waals surface area contributed by atoms with E-state index in [1.807, 2.05) is 0 Å². The van der Waals surface area contributed by atoms with Crippen LogP contribution in [-0.4, -0.2) is 42.3 Å². The number of rotatable bonds is 5. The first-order valence-corrected chi connectivity index (χ1v) is 8.31. The average Bonchev–Trinajstić information content (AvgIpc) is 2.59. The highest BCUT2D eigenvalue weighted by molar-refractivity contribution is 6.32. The summed E-state index contributed by atoms with van der Waals surface area (Å²) in [5, 5.41) is 2.43. The van der Waals surface area contributed by atoms with Crippen LogP contribution in [0.1, 0.15) is 42.5 Å². The van der Waals surface area contributed by atoms with E-state index in [-0.39, 0.29) is 10.6 Å². The molecule has 0 radical (unpaired) electrons. The van der Waals surface area contributed by atoms with Gasteiger partial charge in [0, 0.05) is 6.20 Å². The number of nitrogens with one attached hydrogen (secondary N) is 1. The van der Waals surface area contributed by atoms with Crippen molar-refractivity contribution in [2.24, 2.45) is 0 Å². The van der Waals surface area contributed by atoms with Gasteiger partial charge in [0.15, 0.2) is 6.61 Å². The van der Waals surface area contributed by atoms with Crippen molar-refractivity contribution in [3.8, 4) is 5.88 Å². The van der Waals surface area contributed by atoms with E-state index in [1.165, 1.54) is 7.11 Å². The fourth-order valence-corrected chi connectivity index (χ4v) is 3.05. The molecule has 1 fully saturated rings. The lowest BCUT2D eigenvalue weighted by atomic mass is 9.81. The fourth-order valence-electron chi connectivity index (χ4n) is 2.83. The summed E-state index contributed by atoms with van der Waals surface area (Å²) in [4.78, 5) is 28.3. The maximum atomic E-state index is 12.5. The normalized spacial score (nSPS) is 16.7. The Hall–Kier alpha value is -2.03. The minimum absolute atomic E-state index is 0.00297. The Morgan fingerprint density at radius 2 is 1.96 bits per heavy atom. The number of ether oxygens (including phenoxy) is 2. The van der Waals surface area contributed by atoms with Gasteiger partial charge in [-0.15, -0.1) is 0 Å². The van der Waals surface area contributed by atoms with Crippen molar-refractivity contribution >= 4 is 23.5 Å². The predicted octanol–water partition coefficient (Wildman–Crippen LogP) is 3.28. The third kappa shape index (κ3) is 5.00. The molecule has 1 aromatic rings. The first kappa shape index (κ1) is 20.3. The Morgan fingerprint density at radius 3 is 2.50 bits per heavy atom. The van der Waals surface area contributed by atoms with Gasteiger partial charge in [-0.3, -0.25) is 4.79 Å². The van der Waals surface area contributed by atoms with E-state index in [2.05, 4.69) is 15.0 Å². The summed E-state index contributed by atoms with van der Waals surface area (Å²) in [6.07, 6.45) is -0.126. The number of esters is 1. The molecule has 1 aliphatic carbocycles. The highest BCUT2D eigenvalue weighted by atomic mass is 35.5.